The molecule has 7 nitrogen and oxygen atoms in total. The fourth-order valence-electron chi connectivity index (χ4n) is 3.08. The second-order valence-corrected chi connectivity index (χ2v) is 7.38. The van der Waals surface area contributed by atoms with Crippen LogP contribution in [0.25, 0.3) is 10.9 Å². The van der Waals surface area contributed by atoms with Crippen LogP contribution < -0.4 is 15.4 Å². The summed E-state index contributed by atoms with van der Waals surface area (Å²) in [7, 11) is 5.50. The van der Waals surface area contributed by atoms with Gasteiger partial charge in [-0.3, -0.25) is 4.79 Å². The van der Waals surface area contributed by atoms with Crippen molar-refractivity contribution < 1.29 is 9.53 Å². The number of aromatic nitrogens is 2. The molecule has 8 heteroatoms. The van der Waals surface area contributed by atoms with Gasteiger partial charge in [0, 0.05) is 42.0 Å². The first kappa shape index (κ1) is 21.4. The zero-order chi connectivity index (χ0) is 21.8. The molecule has 3 aromatic rings. The number of hydrogen-bond donors (Lipinski definition) is 2. The number of benzene rings is 2. The minimum atomic E-state index is -0.145. The van der Waals surface area contributed by atoms with Crippen LogP contribution in [0.1, 0.15) is 18.1 Å². The third-order valence-corrected chi connectivity index (χ3v) is 4.62. The van der Waals surface area contributed by atoms with Gasteiger partial charge in [0.25, 0.3) is 0 Å². The lowest BCUT2D eigenvalue weighted by atomic mass is 10.1. The van der Waals surface area contributed by atoms with Crippen molar-refractivity contribution >= 4 is 45.7 Å². The Morgan fingerprint density at radius 2 is 2.00 bits per heavy atom. The van der Waals surface area contributed by atoms with E-state index in [1.807, 2.05) is 37.2 Å². The Hall–Kier alpha value is -3.34. The molecule has 3 rings (SSSR count). The number of nitrogens with one attached hydrogen (secondary N) is 2. The van der Waals surface area contributed by atoms with Crippen molar-refractivity contribution in [3.8, 4) is 18.1 Å². The Balaban J connectivity index is 2.03. The summed E-state index contributed by atoms with van der Waals surface area (Å²) >= 11 is 6.38. The van der Waals surface area contributed by atoms with Crippen molar-refractivity contribution in [3.63, 3.8) is 0 Å². The van der Waals surface area contributed by atoms with Crippen LogP contribution in [0, 0.1) is 12.3 Å². The minimum absolute atomic E-state index is 0.145. The van der Waals surface area contributed by atoms with Crippen LogP contribution in [0.15, 0.2) is 30.5 Å². The Labute approximate surface area is 180 Å². The zero-order valence-electron chi connectivity index (χ0n) is 17.2. The summed E-state index contributed by atoms with van der Waals surface area (Å²) in [4.78, 5) is 22.5. The fraction of sp³-hybridized carbons (Fsp3) is 0.227. The lowest BCUT2D eigenvalue weighted by Crippen LogP contribution is -2.12. The molecule has 0 atom stereocenters. The molecule has 0 radical (unpaired) electrons. The smallest absolute Gasteiger partial charge is 0.227 e. The molecule has 0 unspecified atom stereocenters. The van der Waals surface area contributed by atoms with Crippen LogP contribution in [0.5, 0.6) is 5.75 Å². The van der Waals surface area contributed by atoms with Crippen molar-refractivity contribution in [2.24, 2.45) is 0 Å². The van der Waals surface area contributed by atoms with Gasteiger partial charge in [-0.2, -0.15) is 0 Å². The molecule has 1 aromatic heterocycles. The highest BCUT2D eigenvalue weighted by molar-refractivity contribution is 6.36. The van der Waals surface area contributed by atoms with Gasteiger partial charge in [0.1, 0.15) is 11.3 Å². The number of halogens is 1. The molecule has 2 N–H and O–H groups in total. The first-order chi connectivity index (χ1) is 14.3. The highest BCUT2D eigenvalue weighted by Gasteiger charge is 2.14. The summed E-state index contributed by atoms with van der Waals surface area (Å²) in [5.74, 6) is 3.26. The summed E-state index contributed by atoms with van der Waals surface area (Å²) in [6, 6.07) is 7.40. The van der Waals surface area contributed by atoms with E-state index in [1.54, 1.807) is 19.4 Å². The van der Waals surface area contributed by atoms with Gasteiger partial charge in [0.15, 0.2) is 0 Å². The summed E-state index contributed by atoms with van der Waals surface area (Å²) in [6.45, 7) is 2.18. The first-order valence-electron chi connectivity index (χ1n) is 9.14. The third kappa shape index (κ3) is 4.79. The average molecular weight is 424 g/mol. The predicted octanol–water partition coefficient (Wildman–Crippen LogP) is 4.04. The summed E-state index contributed by atoms with van der Waals surface area (Å²) in [6.07, 6.45) is 7.12. The van der Waals surface area contributed by atoms with E-state index in [2.05, 4.69) is 26.5 Å². The van der Waals surface area contributed by atoms with Gasteiger partial charge in [0.05, 0.1) is 12.1 Å². The van der Waals surface area contributed by atoms with E-state index in [0.29, 0.717) is 45.4 Å². The molecule has 2 aromatic carbocycles. The van der Waals surface area contributed by atoms with E-state index < -0.39 is 0 Å². The first-order valence-corrected chi connectivity index (χ1v) is 9.51. The average Bonchev–Trinajstić information content (AvgIpc) is 2.67. The fourth-order valence-corrected chi connectivity index (χ4v) is 3.33. The quantitative estimate of drug-likeness (QED) is 0.582. The van der Waals surface area contributed by atoms with Gasteiger partial charge >= 0.3 is 0 Å². The molecule has 30 heavy (non-hydrogen) atoms. The number of amides is 1. The number of fused-ring (bicyclic) bond motifs is 1. The SMILES string of the molecule is C#Cc1cc(OC)c2nc(Nc3cc(CN(C)C)cc(NC(C)=O)c3)ncc2c1Cl. The van der Waals surface area contributed by atoms with Gasteiger partial charge in [-0.15, -0.1) is 6.42 Å². The number of ether oxygens (including phenoxy) is 1. The van der Waals surface area contributed by atoms with E-state index in [1.165, 1.54) is 6.92 Å². The van der Waals surface area contributed by atoms with Gasteiger partial charge < -0.3 is 20.3 Å². The Kier molecular flexibility index (Phi) is 6.40. The maximum atomic E-state index is 11.5. The van der Waals surface area contributed by atoms with Crippen LogP contribution in [0.3, 0.4) is 0 Å². The molecule has 0 spiro atoms. The maximum Gasteiger partial charge on any atom is 0.227 e. The van der Waals surface area contributed by atoms with Crippen LogP contribution in [-0.4, -0.2) is 42.0 Å². The summed E-state index contributed by atoms with van der Waals surface area (Å²) in [5, 5.41) is 7.02. The van der Waals surface area contributed by atoms with Crippen molar-refractivity contribution in [2.45, 2.75) is 13.5 Å². The van der Waals surface area contributed by atoms with Gasteiger partial charge in [-0.1, -0.05) is 17.5 Å². The number of terminal acetylenes is 1. The molecule has 154 valence electrons. The number of nitrogens with zero attached hydrogens (tertiary/aromatic N) is 3. The molecule has 0 fully saturated rings. The Bertz CT molecular complexity index is 1150. The topological polar surface area (TPSA) is 79.4 Å². The van der Waals surface area contributed by atoms with Gasteiger partial charge in [-0.05, 0) is 43.9 Å². The molecule has 0 saturated heterocycles. The van der Waals surface area contributed by atoms with Crippen LogP contribution in [-0.2, 0) is 11.3 Å². The summed E-state index contributed by atoms with van der Waals surface area (Å²) < 4.78 is 5.43. The van der Waals surface area contributed by atoms with E-state index in [0.717, 1.165) is 11.3 Å². The van der Waals surface area contributed by atoms with Crippen LogP contribution in [0.2, 0.25) is 5.02 Å². The molecule has 0 saturated carbocycles. The third-order valence-electron chi connectivity index (χ3n) is 4.21. The van der Waals surface area contributed by atoms with Gasteiger partial charge in [0.2, 0.25) is 11.9 Å². The Morgan fingerprint density at radius 3 is 2.63 bits per heavy atom. The maximum absolute atomic E-state index is 11.5. The second-order valence-electron chi connectivity index (χ2n) is 7.00. The number of hydrogen-bond acceptors (Lipinski definition) is 6. The van der Waals surface area contributed by atoms with Crippen molar-refractivity contribution in [3.05, 3.63) is 46.6 Å². The largest absolute Gasteiger partial charge is 0.494 e. The normalized spacial score (nSPS) is 10.7. The predicted molar refractivity (Wildman–Crippen MR) is 120 cm³/mol. The number of methoxy groups -OCH3 is 1. The zero-order valence-corrected chi connectivity index (χ0v) is 18.0. The number of carbonyl (C=O) groups is 1. The van der Waals surface area contributed by atoms with Crippen LogP contribution >= 0.6 is 11.6 Å². The van der Waals surface area contributed by atoms with E-state index in [9.17, 15) is 4.79 Å². The lowest BCUT2D eigenvalue weighted by molar-refractivity contribution is -0.114. The molecule has 1 amide bonds. The lowest BCUT2D eigenvalue weighted by Gasteiger charge is -2.15. The molecule has 0 aliphatic carbocycles. The molecule has 0 bridgehead atoms. The summed E-state index contributed by atoms with van der Waals surface area (Å²) in [5.41, 5.74) is 3.51. The van der Waals surface area contributed by atoms with Crippen LogP contribution in [0.4, 0.5) is 17.3 Å². The second kappa shape index (κ2) is 8.99. The molecule has 1 heterocycles. The highest BCUT2D eigenvalue weighted by atomic mass is 35.5. The molecule has 0 aliphatic heterocycles. The highest BCUT2D eigenvalue weighted by Crippen LogP contribution is 2.34. The van der Waals surface area contributed by atoms with Crippen molar-refractivity contribution in [1.82, 2.24) is 14.9 Å². The minimum Gasteiger partial charge on any atom is -0.494 e. The monoisotopic (exact) mass is 423 g/mol. The number of carbonyl (C=O) groups excluding carboxylic acids is 1. The number of rotatable bonds is 6. The van der Waals surface area contributed by atoms with Crippen molar-refractivity contribution in [2.75, 3.05) is 31.8 Å². The van der Waals surface area contributed by atoms with E-state index in [-0.39, 0.29) is 5.91 Å². The standard InChI is InChI=1S/C22H22ClN5O2/c1-6-15-9-19(30-5)21-18(20(15)23)11-24-22(27-21)26-17-8-14(12-28(3)4)7-16(10-17)25-13(2)29/h1,7-11H,12H2,2-5H3,(H,25,29)(H,24,26,27). The van der Waals surface area contributed by atoms with E-state index >= 15 is 0 Å². The number of anilines is 3. The van der Waals surface area contributed by atoms with E-state index in [4.69, 9.17) is 22.8 Å². The van der Waals surface area contributed by atoms with Gasteiger partial charge in [-0.25, -0.2) is 9.97 Å². The molecular formula is C22H22ClN5O2. The molecular weight excluding hydrogens is 402 g/mol. The van der Waals surface area contributed by atoms with Crippen molar-refractivity contribution in [1.29, 1.82) is 0 Å². The molecule has 0 aliphatic rings. The Morgan fingerprint density at radius 1 is 1.27 bits per heavy atom.